The first-order chi connectivity index (χ1) is 11.0. The molecule has 1 atom stereocenters. The fourth-order valence-electron chi connectivity index (χ4n) is 2.07. The number of carbonyl (C=O) groups excluding carboxylic acids is 2. The number of hydrogen-bond acceptors (Lipinski definition) is 4. The molecule has 2 aromatic rings. The molecule has 6 nitrogen and oxygen atoms in total. The molecule has 120 valence electrons. The van der Waals surface area contributed by atoms with Gasteiger partial charge in [0, 0.05) is 18.1 Å². The maximum Gasteiger partial charge on any atom is 0.337 e. The average Bonchev–Trinajstić information content (AvgIpc) is 2.56. The molecule has 0 bridgehead atoms. The van der Waals surface area contributed by atoms with E-state index in [9.17, 15) is 9.59 Å². The first kappa shape index (κ1) is 16.5. The fourth-order valence-corrected chi connectivity index (χ4v) is 2.07. The lowest BCUT2D eigenvalue weighted by atomic mass is 10.1. The molecule has 2 rings (SSSR count). The Hall–Kier alpha value is -2.89. The van der Waals surface area contributed by atoms with Crippen LogP contribution in [0.4, 0.5) is 10.5 Å². The Morgan fingerprint density at radius 3 is 2.70 bits per heavy atom. The molecule has 23 heavy (non-hydrogen) atoms. The zero-order chi connectivity index (χ0) is 16.8. The number of ether oxygens (including phenoxy) is 1. The van der Waals surface area contributed by atoms with Gasteiger partial charge in [0.05, 0.1) is 18.7 Å². The third-order valence-corrected chi connectivity index (χ3v) is 3.44. The Kier molecular flexibility index (Phi) is 5.30. The standard InChI is InChI=1S/C17H19N3O3/c1-11-6-7-13(16(21)23-3)9-15(11)20-17(22)19-12(2)14-5-4-8-18-10-14/h4-10,12H,1-3H3,(H2,19,20,22)/t12-/m0/s1. The van der Waals surface area contributed by atoms with E-state index in [2.05, 4.69) is 20.4 Å². The van der Waals surface area contributed by atoms with Gasteiger partial charge >= 0.3 is 12.0 Å². The number of esters is 1. The van der Waals surface area contributed by atoms with Crippen molar-refractivity contribution in [2.24, 2.45) is 0 Å². The lowest BCUT2D eigenvalue weighted by molar-refractivity contribution is 0.0600. The molecule has 2 amide bonds. The van der Waals surface area contributed by atoms with Gasteiger partial charge < -0.3 is 15.4 Å². The first-order valence-corrected chi connectivity index (χ1v) is 7.17. The van der Waals surface area contributed by atoms with Gasteiger partial charge in [-0.3, -0.25) is 4.98 Å². The van der Waals surface area contributed by atoms with E-state index in [1.54, 1.807) is 30.6 Å². The topological polar surface area (TPSA) is 80.3 Å². The monoisotopic (exact) mass is 313 g/mol. The van der Waals surface area contributed by atoms with Gasteiger partial charge in [0.1, 0.15) is 0 Å². The van der Waals surface area contributed by atoms with E-state index in [4.69, 9.17) is 0 Å². The molecule has 0 aliphatic heterocycles. The van der Waals surface area contributed by atoms with Gasteiger partial charge in [0.2, 0.25) is 0 Å². The van der Waals surface area contributed by atoms with Crippen LogP contribution in [0.3, 0.4) is 0 Å². The number of aryl methyl sites for hydroxylation is 1. The van der Waals surface area contributed by atoms with Crippen molar-refractivity contribution in [1.82, 2.24) is 10.3 Å². The van der Waals surface area contributed by atoms with Gasteiger partial charge in [-0.1, -0.05) is 12.1 Å². The van der Waals surface area contributed by atoms with Gasteiger partial charge in [-0.15, -0.1) is 0 Å². The van der Waals surface area contributed by atoms with Crippen LogP contribution < -0.4 is 10.6 Å². The van der Waals surface area contributed by atoms with Gasteiger partial charge in [-0.05, 0) is 43.2 Å². The SMILES string of the molecule is COC(=O)c1ccc(C)c(NC(=O)N[C@@H](C)c2cccnc2)c1. The Morgan fingerprint density at radius 1 is 1.26 bits per heavy atom. The summed E-state index contributed by atoms with van der Waals surface area (Å²) in [7, 11) is 1.32. The second-order valence-electron chi connectivity index (χ2n) is 5.13. The normalized spacial score (nSPS) is 11.4. The fraction of sp³-hybridized carbons (Fsp3) is 0.235. The number of amides is 2. The molecule has 0 radical (unpaired) electrons. The number of anilines is 1. The summed E-state index contributed by atoms with van der Waals surface area (Å²) >= 11 is 0. The summed E-state index contributed by atoms with van der Waals surface area (Å²) in [5.74, 6) is -0.447. The number of urea groups is 1. The molecule has 1 heterocycles. The average molecular weight is 313 g/mol. The summed E-state index contributed by atoms with van der Waals surface area (Å²) in [6.45, 7) is 3.72. The van der Waals surface area contributed by atoms with E-state index in [1.807, 2.05) is 26.0 Å². The van der Waals surface area contributed by atoms with Gasteiger partial charge in [0.25, 0.3) is 0 Å². The van der Waals surface area contributed by atoms with Crippen molar-refractivity contribution >= 4 is 17.7 Å². The molecule has 2 N–H and O–H groups in total. The maximum absolute atomic E-state index is 12.1. The highest BCUT2D eigenvalue weighted by Gasteiger charge is 2.12. The summed E-state index contributed by atoms with van der Waals surface area (Å²) < 4.78 is 4.68. The molecule has 0 saturated heterocycles. The Morgan fingerprint density at radius 2 is 2.04 bits per heavy atom. The van der Waals surface area contributed by atoms with E-state index in [0.717, 1.165) is 11.1 Å². The lowest BCUT2D eigenvalue weighted by Gasteiger charge is -2.16. The van der Waals surface area contributed by atoms with Crippen LogP contribution in [-0.4, -0.2) is 24.1 Å². The number of nitrogens with zero attached hydrogens (tertiary/aromatic N) is 1. The van der Waals surface area contributed by atoms with Crippen LogP contribution >= 0.6 is 0 Å². The van der Waals surface area contributed by atoms with Crippen LogP contribution in [0.2, 0.25) is 0 Å². The van der Waals surface area contributed by atoms with Crippen molar-refractivity contribution in [3.05, 3.63) is 59.4 Å². The molecular formula is C17H19N3O3. The molecule has 0 saturated carbocycles. The van der Waals surface area contributed by atoms with Crippen LogP contribution in [-0.2, 0) is 4.74 Å². The Bertz CT molecular complexity index is 701. The van der Waals surface area contributed by atoms with E-state index in [0.29, 0.717) is 11.3 Å². The number of hydrogen-bond donors (Lipinski definition) is 2. The Labute approximate surface area is 134 Å². The second-order valence-corrected chi connectivity index (χ2v) is 5.13. The predicted octanol–water partition coefficient (Wildman–Crippen LogP) is 3.06. The highest BCUT2D eigenvalue weighted by atomic mass is 16.5. The van der Waals surface area contributed by atoms with Crippen molar-refractivity contribution in [3.63, 3.8) is 0 Å². The van der Waals surface area contributed by atoms with Gasteiger partial charge in [-0.25, -0.2) is 9.59 Å². The van der Waals surface area contributed by atoms with Crippen LogP contribution in [0, 0.1) is 6.92 Å². The summed E-state index contributed by atoms with van der Waals surface area (Å²) in [4.78, 5) is 27.7. The summed E-state index contributed by atoms with van der Waals surface area (Å²) in [6, 6.07) is 8.17. The largest absolute Gasteiger partial charge is 0.465 e. The van der Waals surface area contributed by atoms with E-state index in [1.165, 1.54) is 7.11 Å². The smallest absolute Gasteiger partial charge is 0.337 e. The molecule has 0 fully saturated rings. The van der Waals surface area contributed by atoms with Crippen molar-refractivity contribution in [3.8, 4) is 0 Å². The predicted molar refractivity (Wildman–Crippen MR) is 87.3 cm³/mol. The number of nitrogens with one attached hydrogen (secondary N) is 2. The summed E-state index contributed by atoms with van der Waals surface area (Å²) in [5.41, 5.74) is 2.70. The number of rotatable bonds is 4. The molecule has 0 spiro atoms. The summed E-state index contributed by atoms with van der Waals surface area (Å²) in [5, 5.41) is 5.58. The number of pyridine rings is 1. The Balaban J connectivity index is 2.06. The summed E-state index contributed by atoms with van der Waals surface area (Å²) in [6.07, 6.45) is 3.38. The number of benzene rings is 1. The van der Waals surface area contributed by atoms with Crippen molar-refractivity contribution < 1.29 is 14.3 Å². The van der Waals surface area contributed by atoms with Crippen molar-refractivity contribution in [2.45, 2.75) is 19.9 Å². The molecule has 1 aromatic carbocycles. The maximum atomic E-state index is 12.1. The minimum atomic E-state index is -0.447. The van der Waals surface area contributed by atoms with Gasteiger partial charge in [-0.2, -0.15) is 0 Å². The number of methoxy groups -OCH3 is 1. The third-order valence-electron chi connectivity index (χ3n) is 3.44. The van der Waals surface area contributed by atoms with Crippen molar-refractivity contribution in [1.29, 1.82) is 0 Å². The number of carbonyl (C=O) groups is 2. The highest BCUT2D eigenvalue weighted by molar-refractivity contribution is 5.94. The van der Waals surface area contributed by atoms with Crippen LogP contribution in [0.15, 0.2) is 42.7 Å². The quantitative estimate of drug-likeness (QED) is 0.850. The van der Waals surface area contributed by atoms with E-state index >= 15 is 0 Å². The van der Waals surface area contributed by atoms with E-state index < -0.39 is 5.97 Å². The van der Waals surface area contributed by atoms with Crippen LogP contribution in [0.1, 0.15) is 34.5 Å². The van der Waals surface area contributed by atoms with Gasteiger partial charge in [0.15, 0.2) is 0 Å². The number of aromatic nitrogens is 1. The molecule has 1 aromatic heterocycles. The first-order valence-electron chi connectivity index (χ1n) is 7.17. The van der Waals surface area contributed by atoms with Crippen LogP contribution in [0.25, 0.3) is 0 Å². The van der Waals surface area contributed by atoms with E-state index in [-0.39, 0.29) is 12.1 Å². The lowest BCUT2D eigenvalue weighted by Crippen LogP contribution is -2.31. The molecule has 0 aliphatic carbocycles. The zero-order valence-electron chi connectivity index (χ0n) is 13.3. The van der Waals surface area contributed by atoms with Crippen molar-refractivity contribution in [2.75, 3.05) is 12.4 Å². The second kappa shape index (κ2) is 7.40. The minimum absolute atomic E-state index is 0.187. The molecule has 0 aliphatic rings. The zero-order valence-corrected chi connectivity index (χ0v) is 13.3. The highest BCUT2D eigenvalue weighted by Crippen LogP contribution is 2.18. The third kappa shape index (κ3) is 4.29. The molecular weight excluding hydrogens is 294 g/mol. The molecule has 6 heteroatoms. The minimum Gasteiger partial charge on any atom is -0.465 e. The molecule has 0 unspecified atom stereocenters. The van der Waals surface area contributed by atoms with Crippen LogP contribution in [0.5, 0.6) is 0 Å².